The van der Waals surface area contributed by atoms with Crippen molar-refractivity contribution in [2.45, 2.75) is 45.4 Å². The zero-order chi connectivity index (χ0) is 22.9. The number of carbonyl (C=O) groups excluding carboxylic acids is 2. The molecular weight excluding hydrogens is 406 g/mol. The number of rotatable bonds is 7. The quantitative estimate of drug-likeness (QED) is 0.595. The molecule has 0 radical (unpaired) electrons. The predicted molar refractivity (Wildman–Crippen MR) is 121 cm³/mol. The summed E-state index contributed by atoms with van der Waals surface area (Å²) >= 11 is 0. The maximum Gasteiger partial charge on any atom is 0.337 e. The molecule has 6 nitrogen and oxygen atoms in total. The minimum Gasteiger partial charge on any atom is -0.492 e. The Labute approximate surface area is 188 Å². The maximum absolute atomic E-state index is 13.1. The van der Waals surface area contributed by atoms with Gasteiger partial charge in [-0.25, -0.2) is 4.79 Å². The number of fused-ring (bicyclic) bond motifs is 1. The van der Waals surface area contributed by atoms with E-state index in [4.69, 9.17) is 14.2 Å². The van der Waals surface area contributed by atoms with Crippen LogP contribution >= 0.6 is 0 Å². The predicted octanol–water partition coefficient (Wildman–Crippen LogP) is 4.60. The fourth-order valence-corrected chi connectivity index (χ4v) is 3.88. The Balaban J connectivity index is 1.61. The number of carbonyl (C=O) groups is 2. The van der Waals surface area contributed by atoms with Crippen LogP contribution in [0.25, 0.3) is 6.08 Å². The number of ether oxygens (including phenoxy) is 3. The number of esters is 1. The summed E-state index contributed by atoms with van der Waals surface area (Å²) in [5.41, 5.74) is 2.87. The number of benzene rings is 2. The Morgan fingerprint density at radius 2 is 1.78 bits per heavy atom. The van der Waals surface area contributed by atoms with Gasteiger partial charge in [0, 0.05) is 30.1 Å². The highest BCUT2D eigenvalue weighted by Gasteiger charge is 2.34. The molecule has 1 saturated carbocycles. The first kappa shape index (κ1) is 21.9. The topological polar surface area (TPSA) is 65.1 Å². The Morgan fingerprint density at radius 3 is 2.41 bits per heavy atom. The maximum atomic E-state index is 13.1. The van der Waals surface area contributed by atoms with Gasteiger partial charge in [0.1, 0.15) is 5.60 Å². The molecule has 1 aliphatic heterocycles. The highest BCUT2D eigenvalue weighted by Crippen LogP contribution is 2.42. The zero-order valence-electron chi connectivity index (χ0n) is 19.0. The van der Waals surface area contributed by atoms with Gasteiger partial charge in [-0.1, -0.05) is 30.3 Å². The molecule has 0 spiro atoms. The molecule has 0 N–H and O–H groups in total. The van der Waals surface area contributed by atoms with Gasteiger partial charge in [-0.05, 0) is 50.5 Å². The van der Waals surface area contributed by atoms with Crippen LogP contribution in [0.4, 0.5) is 0 Å². The number of methoxy groups -OCH3 is 2. The minimum absolute atomic E-state index is 0.0890. The molecule has 6 heteroatoms. The SMILES string of the molecule is COC(=O)c1ccc(CN(Cc2ccc3c(c2OC)OC(C)(C)C=C3)C(=O)C2CC2)cc1. The summed E-state index contributed by atoms with van der Waals surface area (Å²) in [5, 5.41) is 0. The molecule has 0 saturated heterocycles. The second-order valence-electron chi connectivity index (χ2n) is 8.87. The lowest BCUT2D eigenvalue weighted by molar-refractivity contribution is -0.133. The van der Waals surface area contributed by atoms with Gasteiger partial charge in [-0.3, -0.25) is 4.79 Å². The van der Waals surface area contributed by atoms with Gasteiger partial charge < -0.3 is 19.1 Å². The highest BCUT2D eigenvalue weighted by molar-refractivity contribution is 5.89. The van der Waals surface area contributed by atoms with Crippen LogP contribution in [0, 0.1) is 5.92 Å². The van der Waals surface area contributed by atoms with Crippen LogP contribution in [0.5, 0.6) is 11.5 Å². The summed E-state index contributed by atoms with van der Waals surface area (Å²) in [6.45, 7) is 4.86. The molecule has 1 heterocycles. The van der Waals surface area contributed by atoms with Crippen molar-refractivity contribution in [2.24, 2.45) is 5.92 Å². The largest absolute Gasteiger partial charge is 0.492 e. The van der Waals surface area contributed by atoms with E-state index in [1.165, 1.54) is 7.11 Å². The third-order valence-corrected chi connectivity index (χ3v) is 5.81. The molecule has 4 rings (SSSR count). The first-order valence-corrected chi connectivity index (χ1v) is 10.9. The van der Waals surface area contributed by atoms with Gasteiger partial charge >= 0.3 is 5.97 Å². The Morgan fingerprint density at radius 1 is 1.06 bits per heavy atom. The van der Waals surface area contributed by atoms with Crippen LogP contribution in [0.1, 0.15) is 53.7 Å². The first-order valence-electron chi connectivity index (χ1n) is 10.9. The van der Waals surface area contributed by atoms with Gasteiger partial charge in [-0.15, -0.1) is 0 Å². The van der Waals surface area contributed by atoms with Crippen molar-refractivity contribution in [2.75, 3.05) is 14.2 Å². The molecule has 1 amide bonds. The average molecular weight is 436 g/mol. The van der Waals surface area contributed by atoms with E-state index >= 15 is 0 Å². The van der Waals surface area contributed by atoms with E-state index in [0.29, 0.717) is 30.2 Å². The summed E-state index contributed by atoms with van der Waals surface area (Å²) in [6.07, 6.45) is 5.93. The summed E-state index contributed by atoms with van der Waals surface area (Å²) in [7, 11) is 2.99. The van der Waals surface area contributed by atoms with E-state index in [-0.39, 0.29) is 17.8 Å². The van der Waals surface area contributed by atoms with Crippen LogP contribution in [-0.4, -0.2) is 36.6 Å². The van der Waals surface area contributed by atoms with E-state index in [0.717, 1.165) is 29.5 Å². The lowest BCUT2D eigenvalue weighted by Crippen LogP contribution is -2.32. The normalized spacial score (nSPS) is 16.0. The molecule has 32 heavy (non-hydrogen) atoms. The molecule has 1 aliphatic carbocycles. The van der Waals surface area contributed by atoms with Crippen LogP contribution < -0.4 is 9.47 Å². The molecule has 0 atom stereocenters. The molecule has 0 bridgehead atoms. The van der Waals surface area contributed by atoms with E-state index in [1.54, 1.807) is 19.2 Å². The number of hydrogen-bond acceptors (Lipinski definition) is 5. The van der Waals surface area contributed by atoms with Gasteiger partial charge in [0.2, 0.25) is 5.91 Å². The molecule has 0 unspecified atom stereocenters. The fourth-order valence-electron chi connectivity index (χ4n) is 3.88. The first-order chi connectivity index (χ1) is 15.3. The summed E-state index contributed by atoms with van der Waals surface area (Å²) in [6, 6.07) is 11.2. The molecule has 1 fully saturated rings. The van der Waals surface area contributed by atoms with E-state index in [2.05, 4.69) is 0 Å². The Hall–Kier alpha value is -3.28. The molecule has 0 aromatic heterocycles. The Bertz CT molecular complexity index is 1050. The molecule has 168 valence electrons. The van der Waals surface area contributed by atoms with Crippen molar-refractivity contribution < 1.29 is 23.8 Å². The molecular formula is C26H29NO5. The van der Waals surface area contributed by atoms with Gasteiger partial charge in [0.05, 0.1) is 19.8 Å². The number of hydrogen-bond donors (Lipinski definition) is 0. The van der Waals surface area contributed by atoms with Gasteiger partial charge in [0.15, 0.2) is 11.5 Å². The molecule has 2 aromatic carbocycles. The second kappa shape index (κ2) is 8.69. The fraction of sp³-hybridized carbons (Fsp3) is 0.385. The summed E-state index contributed by atoms with van der Waals surface area (Å²) < 4.78 is 16.7. The van der Waals surface area contributed by atoms with E-state index < -0.39 is 5.60 Å². The second-order valence-corrected chi connectivity index (χ2v) is 8.87. The lowest BCUT2D eigenvalue weighted by Gasteiger charge is -2.31. The minimum atomic E-state index is -0.427. The number of amides is 1. The van der Waals surface area contributed by atoms with Crippen LogP contribution in [0.2, 0.25) is 0 Å². The van der Waals surface area contributed by atoms with Gasteiger partial charge in [-0.2, -0.15) is 0 Å². The smallest absolute Gasteiger partial charge is 0.337 e. The average Bonchev–Trinajstić information content (AvgIpc) is 3.63. The standard InChI is InChI=1S/C26H29NO5/c1-26(2)14-13-18-9-12-21(22(30-3)23(18)32-26)16-27(24(28)19-10-11-19)15-17-5-7-20(8-6-17)25(29)31-4/h5-9,12-14,19H,10-11,15-16H2,1-4H3. The van der Waals surface area contributed by atoms with Crippen molar-refractivity contribution in [1.82, 2.24) is 4.90 Å². The van der Waals surface area contributed by atoms with E-state index in [1.807, 2.05) is 55.2 Å². The van der Waals surface area contributed by atoms with Crippen molar-refractivity contribution in [3.8, 4) is 11.5 Å². The van der Waals surface area contributed by atoms with Crippen molar-refractivity contribution in [3.63, 3.8) is 0 Å². The molecule has 2 aromatic rings. The highest BCUT2D eigenvalue weighted by atomic mass is 16.5. The van der Waals surface area contributed by atoms with Crippen molar-refractivity contribution in [1.29, 1.82) is 0 Å². The van der Waals surface area contributed by atoms with Crippen LogP contribution in [0.15, 0.2) is 42.5 Å². The zero-order valence-corrected chi connectivity index (χ0v) is 19.0. The van der Waals surface area contributed by atoms with Crippen molar-refractivity contribution >= 4 is 18.0 Å². The summed E-state index contributed by atoms with van der Waals surface area (Å²) in [4.78, 5) is 26.7. The summed E-state index contributed by atoms with van der Waals surface area (Å²) in [5.74, 6) is 1.22. The monoisotopic (exact) mass is 435 g/mol. The third-order valence-electron chi connectivity index (χ3n) is 5.81. The molecule has 2 aliphatic rings. The van der Waals surface area contributed by atoms with E-state index in [9.17, 15) is 9.59 Å². The van der Waals surface area contributed by atoms with Gasteiger partial charge in [0.25, 0.3) is 0 Å². The van der Waals surface area contributed by atoms with Crippen LogP contribution in [-0.2, 0) is 22.6 Å². The Kier molecular flexibility index (Phi) is 5.96. The third kappa shape index (κ3) is 4.64. The lowest BCUT2D eigenvalue weighted by atomic mass is 10.00. The number of nitrogens with zero attached hydrogens (tertiary/aromatic N) is 1. The van der Waals surface area contributed by atoms with Crippen molar-refractivity contribution in [3.05, 3.63) is 64.7 Å². The van der Waals surface area contributed by atoms with Crippen LogP contribution in [0.3, 0.4) is 0 Å².